The number of fused-ring (bicyclic) bond motifs is 4. The van der Waals surface area contributed by atoms with Gasteiger partial charge in [0.2, 0.25) is 0 Å². The van der Waals surface area contributed by atoms with E-state index in [1.807, 2.05) is 0 Å². The van der Waals surface area contributed by atoms with Gasteiger partial charge in [-0.25, -0.2) is 0 Å². The molecule has 0 aromatic heterocycles. The van der Waals surface area contributed by atoms with E-state index >= 15 is 0 Å². The van der Waals surface area contributed by atoms with Crippen molar-refractivity contribution < 1.29 is 57.0 Å². The molecule has 0 aliphatic carbocycles. The van der Waals surface area contributed by atoms with E-state index in [1.165, 1.54) is 72.8 Å². The molecule has 0 saturated carbocycles. The monoisotopic (exact) mass is 941 g/mol. The van der Waals surface area contributed by atoms with E-state index in [4.69, 9.17) is 5.73 Å². The zero-order chi connectivity index (χ0) is 45.9. The standard InChI is InChI=1S/C40H27N7O13S4/c41-22-9-8-21-16-36(48)39(40(29(21)17-22)64(58,59)60)47-46-35-15-14-34(27-11-10-24(20-30(27)35)61(49,50)51)45-44-33-13-12-32(25-4-1-2-5-26(25)33)43-42-23-18-31-28(38(19-23)63(55,56)57)6-3-7-37(31)62(52,53)54/h1-20,48H,41H2,(H,49,50,51)(H,52,53,54)(H,55,56,57)(H,58,59,60)/b43-42+,45-44+,47-46+. The molecule has 0 radical (unpaired) electrons. The number of phenolic OH excluding ortho intramolecular Hbond substituents is 1. The topological polar surface area (TPSA) is 338 Å². The zero-order valence-corrected chi connectivity index (χ0v) is 35.2. The van der Waals surface area contributed by atoms with Gasteiger partial charge in [0.15, 0.2) is 0 Å². The molecule has 8 aromatic carbocycles. The number of benzene rings is 8. The highest BCUT2D eigenvalue weighted by molar-refractivity contribution is 7.87. The average molecular weight is 942 g/mol. The maximum atomic E-state index is 12.6. The second kappa shape index (κ2) is 15.9. The number of azo groups is 3. The summed E-state index contributed by atoms with van der Waals surface area (Å²) in [5, 5.41) is 37.0. The van der Waals surface area contributed by atoms with Gasteiger partial charge in [-0.3, -0.25) is 18.2 Å². The van der Waals surface area contributed by atoms with Crippen LogP contribution in [0.5, 0.6) is 5.75 Å². The summed E-state index contributed by atoms with van der Waals surface area (Å²) in [6, 6.07) is 27.0. The highest BCUT2D eigenvalue weighted by Crippen LogP contribution is 2.44. The minimum atomic E-state index is -5.04. The zero-order valence-electron chi connectivity index (χ0n) is 31.9. The normalized spacial score (nSPS) is 13.1. The summed E-state index contributed by atoms with van der Waals surface area (Å²) >= 11 is 0. The molecule has 0 unspecified atom stereocenters. The first-order chi connectivity index (χ1) is 30.1. The van der Waals surface area contributed by atoms with E-state index in [1.54, 1.807) is 24.3 Å². The summed E-state index contributed by atoms with van der Waals surface area (Å²) in [4.78, 5) is -2.63. The first kappa shape index (κ1) is 43.5. The quantitative estimate of drug-likeness (QED) is 0.0422. The smallest absolute Gasteiger partial charge is 0.297 e. The van der Waals surface area contributed by atoms with Crippen molar-refractivity contribution >= 4 is 123 Å². The Bertz CT molecular complexity index is 3880. The molecule has 0 saturated heterocycles. The summed E-state index contributed by atoms with van der Waals surface area (Å²) < 4.78 is 138. The van der Waals surface area contributed by atoms with Crippen LogP contribution in [0.3, 0.4) is 0 Å². The molecule has 0 spiro atoms. The molecule has 0 amide bonds. The molecule has 0 fully saturated rings. The number of nitrogens with two attached hydrogens (primary N) is 1. The number of phenols is 1. The Balaban J connectivity index is 1.20. The fraction of sp³-hybridized carbons (Fsp3) is 0. The van der Waals surface area contributed by atoms with Crippen molar-refractivity contribution in [3.05, 3.63) is 121 Å². The predicted molar refractivity (Wildman–Crippen MR) is 234 cm³/mol. The average Bonchev–Trinajstić information content (AvgIpc) is 3.22. The third-order valence-electron chi connectivity index (χ3n) is 9.70. The molecular formula is C40H27N7O13S4. The molecule has 8 aromatic rings. The largest absolute Gasteiger partial charge is 0.506 e. The first-order valence-corrected chi connectivity index (χ1v) is 23.7. The minimum absolute atomic E-state index is 0.0310. The van der Waals surface area contributed by atoms with Crippen molar-refractivity contribution in [3.63, 3.8) is 0 Å². The minimum Gasteiger partial charge on any atom is -0.506 e. The van der Waals surface area contributed by atoms with E-state index in [2.05, 4.69) is 30.7 Å². The van der Waals surface area contributed by atoms with Crippen LogP contribution in [0.15, 0.2) is 172 Å². The van der Waals surface area contributed by atoms with Crippen LogP contribution in [0.25, 0.3) is 43.1 Å². The lowest BCUT2D eigenvalue weighted by atomic mass is 10.1. The van der Waals surface area contributed by atoms with Gasteiger partial charge in [-0.05, 0) is 78.2 Å². The Morgan fingerprint density at radius 3 is 1.53 bits per heavy atom. The Morgan fingerprint density at radius 2 is 0.953 bits per heavy atom. The van der Waals surface area contributed by atoms with Gasteiger partial charge in [-0.2, -0.15) is 38.8 Å². The molecule has 8 rings (SSSR count). The van der Waals surface area contributed by atoms with Crippen LogP contribution in [0.1, 0.15) is 0 Å². The van der Waals surface area contributed by atoms with Crippen molar-refractivity contribution in [2.75, 3.05) is 5.73 Å². The number of nitrogen functional groups attached to an aromatic ring is 1. The Hall–Kier alpha value is -7.16. The molecular weight excluding hydrogens is 915 g/mol. The molecule has 0 bridgehead atoms. The SMILES string of the molecule is Nc1ccc2cc(O)c(/N=N/c3ccc(/N=N/c4ccc(/N=N/c5cc(S(=O)(=O)O)c6cccc(S(=O)(=O)O)c6c5)c5ccccc45)c4ccc(S(=O)(=O)O)cc34)c(S(=O)(=O)O)c2c1. The Morgan fingerprint density at radius 1 is 0.406 bits per heavy atom. The van der Waals surface area contributed by atoms with Crippen LogP contribution in [0, 0.1) is 0 Å². The highest BCUT2D eigenvalue weighted by Gasteiger charge is 2.25. The maximum absolute atomic E-state index is 12.6. The molecule has 7 N–H and O–H groups in total. The number of nitrogens with zero attached hydrogens (tertiary/aromatic N) is 6. The summed E-state index contributed by atoms with van der Waals surface area (Å²) in [6.07, 6.45) is 0. The van der Waals surface area contributed by atoms with Gasteiger partial charge in [0.05, 0.1) is 33.3 Å². The molecule has 64 heavy (non-hydrogen) atoms. The van der Waals surface area contributed by atoms with Gasteiger partial charge >= 0.3 is 0 Å². The number of rotatable bonds is 10. The summed E-state index contributed by atoms with van der Waals surface area (Å²) in [6.45, 7) is 0. The predicted octanol–water partition coefficient (Wildman–Crippen LogP) is 9.82. The fourth-order valence-electron chi connectivity index (χ4n) is 6.91. The van der Waals surface area contributed by atoms with Crippen LogP contribution in [0.2, 0.25) is 0 Å². The maximum Gasteiger partial charge on any atom is 0.297 e. The Labute approximate surface area is 361 Å². The van der Waals surface area contributed by atoms with Crippen LogP contribution in [-0.2, 0) is 40.5 Å². The number of anilines is 1. The molecule has 0 heterocycles. The lowest BCUT2D eigenvalue weighted by molar-refractivity contribution is 0.469. The van der Waals surface area contributed by atoms with Gasteiger partial charge in [-0.15, -0.1) is 25.6 Å². The Kier molecular flexibility index (Phi) is 10.8. The summed E-state index contributed by atoms with van der Waals surface area (Å²) in [5.41, 5.74) is 5.77. The number of aromatic hydroxyl groups is 1. The van der Waals surface area contributed by atoms with Gasteiger partial charge in [0.1, 0.15) is 26.1 Å². The molecule has 0 aliphatic heterocycles. The van der Waals surface area contributed by atoms with Crippen LogP contribution >= 0.6 is 0 Å². The first-order valence-electron chi connectivity index (χ1n) is 17.9. The van der Waals surface area contributed by atoms with Crippen LogP contribution in [-0.4, -0.2) is 57.0 Å². The van der Waals surface area contributed by atoms with E-state index in [0.29, 0.717) is 16.5 Å². The van der Waals surface area contributed by atoms with Gasteiger partial charge in [0, 0.05) is 43.4 Å². The van der Waals surface area contributed by atoms with Gasteiger partial charge in [-0.1, -0.05) is 48.5 Å². The van der Waals surface area contributed by atoms with Crippen molar-refractivity contribution in [2.45, 2.75) is 19.6 Å². The van der Waals surface area contributed by atoms with Gasteiger partial charge < -0.3 is 10.8 Å². The van der Waals surface area contributed by atoms with Crippen molar-refractivity contribution in [2.24, 2.45) is 30.7 Å². The van der Waals surface area contributed by atoms with Crippen molar-refractivity contribution in [3.8, 4) is 5.75 Å². The molecule has 324 valence electrons. The van der Waals surface area contributed by atoms with Crippen molar-refractivity contribution in [1.82, 2.24) is 0 Å². The molecule has 24 heteroatoms. The third kappa shape index (κ3) is 8.49. The lowest BCUT2D eigenvalue weighted by Gasteiger charge is -2.10. The van der Waals surface area contributed by atoms with Crippen LogP contribution in [0.4, 0.5) is 39.8 Å². The van der Waals surface area contributed by atoms with E-state index in [0.717, 1.165) is 24.3 Å². The molecule has 20 nitrogen and oxygen atoms in total. The fourth-order valence-corrected chi connectivity index (χ4v) is 9.69. The lowest BCUT2D eigenvalue weighted by Crippen LogP contribution is -2.03. The highest BCUT2D eigenvalue weighted by atomic mass is 32.2. The van der Waals surface area contributed by atoms with E-state index in [-0.39, 0.29) is 60.8 Å². The summed E-state index contributed by atoms with van der Waals surface area (Å²) in [7, 11) is -19.6. The third-order valence-corrected chi connectivity index (χ3v) is 13.3. The second-order valence-electron chi connectivity index (χ2n) is 13.8. The summed E-state index contributed by atoms with van der Waals surface area (Å²) in [5.74, 6) is -0.670. The molecule has 0 atom stereocenters. The number of hydrogen-bond donors (Lipinski definition) is 6. The number of hydrogen-bond acceptors (Lipinski definition) is 16. The van der Waals surface area contributed by atoms with E-state index < -0.39 is 71.5 Å². The van der Waals surface area contributed by atoms with Crippen molar-refractivity contribution in [1.29, 1.82) is 0 Å². The van der Waals surface area contributed by atoms with E-state index in [9.17, 15) is 57.0 Å². The van der Waals surface area contributed by atoms with Gasteiger partial charge in [0.25, 0.3) is 40.5 Å². The molecule has 0 aliphatic rings. The van der Waals surface area contributed by atoms with Crippen LogP contribution < -0.4 is 5.73 Å². The second-order valence-corrected chi connectivity index (χ2v) is 19.4.